The van der Waals surface area contributed by atoms with E-state index in [1.54, 1.807) is 6.07 Å². The first-order chi connectivity index (χ1) is 20.6. The predicted octanol–water partition coefficient (Wildman–Crippen LogP) is 7.04. The molecule has 0 saturated heterocycles. The second-order valence-electron chi connectivity index (χ2n) is 12.9. The van der Waals surface area contributed by atoms with Crippen molar-refractivity contribution in [3.8, 4) is 5.75 Å². The first-order valence-corrected chi connectivity index (χ1v) is 17.0. The Hall–Kier alpha value is -2.84. The summed E-state index contributed by atoms with van der Waals surface area (Å²) in [5, 5.41) is 0.430. The Morgan fingerprint density at radius 1 is 1.19 bits per heavy atom. The van der Waals surface area contributed by atoms with Crippen molar-refractivity contribution in [1.29, 1.82) is 0 Å². The highest BCUT2D eigenvalue weighted by Gasteiger charge is 2.44. The van der Waals surface area contributed by atoms with Gasteiger partial charge in [-0.2, -0.15) is 10.6 Å². The number of allylic oxidation sites excluding steroid dienone is 1. The lowest BCUT2D eigenvalue weighted by Crippen LogP contribution is -2.49. The number of benzene rings is 2. The van der Waals surface area contributed by atoms with Crippen molar-refractivity contribution in [2.45, 2.75) is 76.1 Å². The molecule has 1 amide bonds. The van der Waals surface area contributed by atoms with E-state index in [1.165, 1.54) is 18.1 Å². The van der Waals surface area contributed by atoms with Gasteiger partial charge in [0.05, 0.1) is 12.3 Å². The average molecular weight is 624 g/mol. The molecule has 2 aromatic rings. The lowest BCUT2D eigenvalue weighted by Gasteiger charge is -2.46. The second-order valence-corrected chi connectivity index (χ2v) is 14.8. The zero-order valence-corrected chi connectivity index (χ0v) is 26.7. The standard InChI is InChI=1S/C34H40ClN2O5S/c1-21-6-4-8-31(42-23(3)38)28-12-9-26(28)18-37-19-34(15-5-7-24-16-27(35)11-13-29(24)34)20-41-32-14-10-25(17-30(32)37)33(39)36-43(40)22(21)2/h4,8,10-11,13-14,16-17,21-22,26,28,31H,5-7,9,12,15,18-20H2,1-3H3/q-1/b8-4+/t21-,22+,26-,28+,31-,34-/m0/s1. The monoisotopic (exact) mass is 623 g/mol. The maximum absolute atomic E-state index is 13.3. The number of anilines is 1. The molecule has 0 radical (unpaired) electrons. The van der Waals surface area contributed by atoms with Crippen molar-refractivity contribution in [1.82, 2.24) is 0 Å². The van der Waals surface area contributed by atoms with Gasteiger partial charge in [-0.15, -0.1) is 0 Å². The molecular formula is C34H40ClN2O5S-. The van der Waals surface area contributed by atoms with E-state index in [9.17, 15) is 13.8 Å². The van der Waals surface area contributed by atoms with E-state index < -0.39 is 16.5 Å². The molecule has 0 aromatic heterocycles. The van der Waals surface area contributed by atoms with Gasteiger partial charge in [0.1, 0.15) is 11.9 Å². The van der Waals surface area contributed by atoms with Crippen molar-refractivity contribution in [3.63, 3.8) is 0 Å². The van der Waals surface area contributed by atoms with Gasteiger partial charge in [-0.05, 0) is 92.0 Å². The minimum absolute atomic E-state index is 0.0251. The van der Waals surface area contributed by atoms with Crippen LogP contribution in [-0.4, -0.2) is 42.9 Å². The Morgan fingerprint density at radius 3 is 2.79 bits per heavy atom. The van der Waals surface area contributed by atoms with Gasteiger partial charge in [0.2, 0.25) is 0 Å². The Bertz CT molecular complexity index is 1530. The van der Waals surface area contributed by atoms with Crippen molar-refractivity contribution < 1.29 is 23.3 Å². The molecule has 1 fully saturated rings. The Balaban J connectivity index is 1.44. The first-order valence-electron chi connectivity index (χ1n) is 15.4. The zero-order valence-electron chi connectivity index (χ0n) is 25.1. The van der Waals surface area contributed by atoms with Crippen LogP contribution in [0, 0.1) is 17.8 Å². The van der Waals surface area contributed by atoms with Crippen molar-refractivity contribution in [2.75, 3.05) is 24.6 Å². The number of halogens is 1. The highest BCUT2D eigenvalue weighted by Crippen LogP contribution is 2.47. The van der Waals surface area contributed by atoms with E-state index in [2.05, 4.69) is 21.4 Å². The number of nitrogens with zero attached hydrogens (tertiary/aromatic N) is 2. The third-order valence-electron chi connectivity index (χ3n) is 10.1. The van der Waals surface area contributed by atoms with Crippen LogP contribution >= 0.6 is 11.6 Å². The number of esters is 1. The molecule has 2 aliphatic carbocycles. The third-order valence-corrected chi connectivity index (χ3v) is 11.7. The fourth-order valence-corrected chi connectivity index (χ4v) is 8.42. The summed E-state index contributed by atoms with van der Waals surface area (Å²) in [7, 11) is -1.69. The molecule has 43 heavy (non-hydrogen) atoms. The molecule has 9 heteroatoms. The van der Waals surface area contributed by atoms with E-state index in [0.717, 1.165) is 61.7 Å². The summed E-state index contributed by atoms with van der Waals surface area (Å²) in [6, 6.07) is 11.7. The van der Waals surface area contributed by atoms with Crippen LogP contribution in [0.5, 0.6) is 5.75 Å². The topological polar surface area (TPSA) is 85.3 Å². The van der Waals surface area contributed by atoms with E-state index in [0.29, 0.717) is 24.5 Å². The van der Waals surface area contributed by atoms with Gasteiger partial charge in [-0.3, -0.25) is 9.59 Å². The van der Waals surface area contributed by atoms with Gasteiger partial charge in [0, 0.05) is 41.9 Å². The fraction of sp³-hybridized carbons (Fsp3) is 0.529. The number of rotatable bonds is 1. The molecule has 2 aliphatic heterocycles. The maximum atomic E-state index is 13.3. The molecule has 2 bridgehead atoms. The lowest BCUT2D eigenvalue weighted by atomic mass is 9.68. The third kappa shape index (κ3) is 6.10. The fourth-order valence-electron chi connectivity index (χ4n) is 7.28. The van der Waals surface area contributed by atoms with Crippen LogP contribution in [0.1, 0.15) is 74.4 Å². The van der Waals surface area contributed by atoms with Crippen molar-refractivity contribution in [2.24, 2.45) is 22.1 Å². The van der Waals surface area contributed by atoms with Gasteiger partial charge >= 0.3 is 5.97 Å². The van der Waals surface area contributed by atoms with Crippen LogP contribution in [0.3, 0.4) is 0 Å². The van der Waals surface area contributed by atoms with Gasteiger partial charge in [-0.25, -0.2) is 0 Å². The summed E-state index contributed by atoms with van der Waals surface area (Å²) in [6.07, 6.45) is 9.40. The smallest absolute Gasteiger partial charge is 0.303 e. The zero-order chi connectivity index (χ0) is 30.3. The summed E-state index contributed by atoms with van der Waals surface area (Å²) < 4.78 is 29.7. The number of hydrogen-bond donors (Lipinski definition) is 0. The normalized spacial score (nSPS) is 31.9. The number of ether oxygens (including phenoxy) is 2. The summed E-state index contributed by atoms with van der Waals surface area (Å²) in [5.41, 5.74) is 3.56. The first kappa shape index (κ1) is 30.2. The minimum Gasteiger partial charge on any atom is -0.490 e. The van der Waals surface area contributed by atoms with Crippen LogP contribution in [0.4, 0.5) is 5.69 Å². The summed E-state index contributed by atoms with van der Waals surface area (Å²) in [5.74, 6) is 0.477. The molecule has 7 nitrogen and oxygen atoms in total. The minimum atomic E-state index is -1.69. The number of hydrogen-bond acceptors (Lipinski definition) is 7. The maximum Gasteiger partial charge on any atom is 0.303 e. The van der Waals surface area contributed by atoms with Crippen LogP contribution in [0.25, 0.3) is 0 Å². The van der Waals surface area contributed by atoms with Crippen LogP contribution in [0.2, 0.25) is 5.02 Å². The number of fused-ring (bicyclic) bond motifs is 4. The van der Waals surface area contributed by atoms with E-state index >= 15 is 0 Å². The molecule has 230 valence electrons. The number of carbonyl (C=O) groups excluding carboxylic acids is 2. The quantitative estimate of drug-likeness (QED) is 0.192. The molecule has 0 N–H and O–H groups in total. The lowest BCUT2D eigenvalue weighted by molar-refractivity contribution is -0.149. The highest BCUT2D eigenvalue weighted by molar-refractivity contribution is 7.75. The molecule has 4 aliphatic rings. The number of amides is 1. The Kier molecular flexibility index (Phi) is 8.62. The van der Waals surface area contributed by atoms with Gasteiger partial charge in [-0.1, -0.05) is 48.8 Å². The predicted molar refractivity (Wildman–Crippen MR) is 169 cm³/mol. The largest absolute Gasteiger partial charge is 0.490 e. The summed E-state index contributed by atoms with van der Waals surface area (Å²) in [6.45, 7) is 7.32. The summed E-state index contributed by atoms with van der Waals surface area (Å²) >= 11 is 6.41. The molecular weight excluding hydrogens is 584 g/mol. The van der Waals surface area contributed by atoms with Crippen LogP contribution < -0.4 is 9.64 Å². The molecule has 2 aromatic carbocycles. The van der Waals surface area contributed by atoms with E-state index in [1.807, 2.05) is 44.2 Å². The highest BCUT2D eigenvalue weighted by atomic mass is 35.5. The molecule has 2 heterocycles. The summed E-state index contributed by atoms with van der Waals surface area (Å²) in [4.78, 5) is 27.8. The molecule has 0 unspecified atom stereocenters. The molecule has 6 rings (SSSR count). The number of carbonyl (C=O) groups is 2. The van der Waals surface area contributed by atoms with Gasteiger partial charge < -0.3 is 22.9 Å². The van der Waals surface area contributed by atoms with Crippen molar-refractivity contribution in [3.05, 3.63) is 70.3 Å². The van der Waals surface area contributed by atoms with Crippen LogP contribution in [0.15, 0.2) is 52.9 Å². The van der Waals surface area contributed by atoms with Crippen molar-refractivity contribution >= 4 is 39.8 Å². The van der Waals surface area contributed by atoms with E-state index in [-0.39, 0.29) is 34.6 Å². The van der Waals surface area contributed by atoms with Gasteiger partial charge in [0.15, 0.2) is 0 Å². The van der Waals surface area contributed by atoms with Crippen LogP contribution in [-0.2, 0) is 36.2 Å². The molecule has 1 saturated carbocycles. The van der Waals surface area contributed by atoms with Gasteiger partial charge in [0.25, 0.3) is 5.91 Å². The molecule has 6 atom stereocenters. The molecule has 1 spiro atoms. The SMILES string of the molecule is CC(=O)O[C@H]1/C=C/C[C@H](C)[C@@H](C)[S-](=O)=NC(=O)c2ccc3c(c2)N(C[C@@H]2CC[C@H]21)C[C@@]1(CCCc2cc(Cl)ccc21)CO3. The average Bonchev–Trinajstić information content (AvgIpc) is 3.10. The Labute approximate surface area is 261 Å². The second kappa shape index (κ2) is 12.3. The Morgan fingerprint density at radius 2 is 2.02 bits per heavy atom. The van der Waals surface area contributed by atoms with E-state index in [4.69, 9.17) is 21.1 Å². The number of aryl methyl sites for hydroxylation is 1.